The van der Waals surface area contributed by atoms with Gasteiger partial charge in [0.25, 0.3) is 0 Å². The molecular formula is C15H25N3O2S. The van der Waals surface area contributed by atoms with Crippen molar-refractivity contribution in [2.75, 3.05) is 25.4 Å². The Morgan fingerprint density at radius 1 is 1.29 bits per heavy atom. The Bertz CT molecular complexity index is 581. The number of hydrogen-bond acceptors (Lipinski definition) is 4. The van der Waals surface area contributed by atoms with Gasteiger partial charge in [0, 0.05) is 12.6 Å². The van der Waals surface area contributed by atoms with Crippen molar-refractivity contribution in [3.8, 4) is 0 Å². The maximum atomic E-state index is 12.4. The summed E-state index contributed by atoms with van der Waals surface area (Å²) in [4.78, 5) is 2.48. The number of nitrogen functional groups attached to an aromatic ring is 1. The van der Waals surface area contributed by atoms with E-state index in [4.69, 9.17) is 5.73 Å². The normalized spacial score (nSPS) is 18.6. The Morgan fingerprint density at radius 3 is 2.57 bits per heavy atom. The van der Waals surface area contributed by atoms with Gasteiger partial charge in [0.15, 0.2) is 0 Å². The summed E-state index contributed by atoms with van der Waals surface area (Å²) in [6, 6.07) is 4.89. The number of anilines is 1. The summed E-state index contributed by atoms with van der Waals surface area (Å²) < 4.78 is 27.5. The molecule has 118 valence electrons. The highest BCUT2D eigenvalue weighted by molar-refractivity contribution is 7.89. The molecule has 21 heavy (non-hydrogen) atoms. The summed E-state index contributed by atoms with van der Waals surface area (Å²) in [5.74, 6) is 0. The molecule has 1 saturated heterocycles. The third-order valence-electron chi connectivity index (χ3n) is 3.79. The molecule has 1 heterocycles. The highest BCUT2D eigenvalue weighted by atomic mass is 32.2. The lowest BCUT2D eigenvalue weighted by Crippen LogP contribution is -2.43. The van der Waals surface area contributed by atoms with Gasteiger partial charge in [-0.1, -0.05) is 12.5 Å². The Kier molecular flexibility index (Phi) is 5.24. The van der Waals surface area contributed by atoms with E-state index in [1.165, 1.54) is 19.3 Å². The van der Waals surface area contributed by atoms with Crippen molar-refractivity contribution < 1.29 is 8.42 Å². The molecule has 1 unspecified atom stereocenters. The van der Waals surface area contributed by atoms with Crippen LogP contribution in [0.4, 0.5) is 5.69 Å². The van der Waals surface area contributed by atoms with Crippen LogP contribution in [0.15, 0.2) is 23.1 Å². The second kappa shape index (κ2) is 6.77. The van der Waals surface area contributed by atoms with Crippen molar-refractivity contribution in [1.29, 1.82) is 0 Å². The fourth-order valence-corrected chi connectivity index (χ4v) is 4.16. The first-order chi connectivity index (χ1) is 9.88. The van der Waals surface area contributed by atoms with Gasteiger partial charge in [-0.3, -0.25) is 0 Å². The molecule has 1 aromatic rings. The zero-order valence-electron chi connectivity index (χ0n) is 12.8. The molecule has 2 rings (SSSR count). The third kappa shape index (κ3) is 4.43. The molecule has 6 heteroatoms. The van der Waals surface area contributed by atoms with E-state index in [1.54, 1.807) is 18.2 Å². The smallest absolute Gasteiger partial charge is 0.242 e. The van der Waals surface area contributed by atoms with Crippen molar-refractivity contribution in [2.24, 2.45) is 0 Å². The van der Waals surface area contributed by atoms with E-state index in [0.29, 0.717) is 5.69 Å². The van der Waals surface area contributed by atoms with Gasteiger partial charge in [-0.2, -0.15) is 0 Å². The fourth-order valence-electron chi connectivity index (χ4n) is 2.81. The number of nitrogens with two attached hydrogens (primary N) is 1. The summed E-state index contributed by atoms with van der Waals surface area (Å²) in [7, 11) is -3.56. The van der Waals surface area contributed by atoms with E-state index in [0.717, 1.165) is 25.2 Å². The van der Waals surface area contributed by atoms with Gasteiger partial charge < -0.3 is 10.6 Å². The van der Waals surface area contributed by atoms with Crippen LogP contribution in [0.2, 0.25) is 0 Å². The Balaban J connectivity index is 2.02. The average molecular weight is 311 g/mol. The number of aryl methyl sites for hydroxylation is 1. The summed E-state index contributed by atoms with van der Waals surface area (Å²) in [5, 5.41) is 0. The molecule has 0 spiro atoms. The van der Waals surface area contributed by atoms with Crippen LogP contribution >= 0.6 is 0 Å². The van der Waals surface area contributed by atoms with Crippen molar-refractivity contribution >= 4 is 15.7 Å². The molecule has 0 aliphatic carbocycles. The van der Waals surface area contributed by atoms with Gasteiger partial charge in [-0.15, -0.1) is 0 Å². The second-order valence-corrected chi connectivity index (χ2v) is 7.61. The Hall–Kier alpha value is -1.11. The van der Waals surface area contributed by atoms with E-state index in [1.807, 2.05) is 13.8 Å². The van der Waals surface area contributed by atoms with Crippen molar-refractivity contribution in [3.63, 3.8) is 0 Å². The molecule has 0 amide bonds. The van der Waals surface area contributed by atoms with Crippen LogP contribution in [0, 0.1) is 6.92 Å². The average Bonchev–Trinajstić information content (AvgIpc) is 2.38. The van der Waals surface area contributed by atoms with Crippen LogP contribution < -0.4 is 10.5 Å². The molecule has 5 nitrogen and oxygen atoms in total. The monoisotopic (exact) mass is 311 g/mol. The summed E-state index contributed by atoms with van der Waals surface area (Å²) in [6.45, 7) is 6.64. The Morgan fingerprint density at radius 2 is 1.95 bits per heavy atom. The van der Waals surface area contributed by atoms with Crippen molar-refractivity contribution in [1.82, 2.24) is 9.62 Å². The van der Waals surface area contributed by atoms with E-state index in [-0.39, 0.29) is 10.9 Å². The first kappa shape index (κ1) is 16.3. The fraction of sp³-hybridized carbons (Fsp3) is 0.600. The molecule has 0 bridgehead atoms. The summed E-state index contributed by atoms with van der Waals surface area (Å²) >= 11 is 0. The SMILES string of the molecule is Cc1ccc(S(=O)(=O)NC(C)CN2CCCCC2)c(N)c1. The van der Waals surface area contributed by atoms with Crippen LogP contribution in [0.3, 0.4) is 0 Å². The number of rotatable bonds is 5. The predicted molar refractivity (Wildman–Crippen MR) is 85.7 cm³/mol. The zero-order chi connectivity index (χ0) is 15.5. The van der Waals surface area contributed by atoms with Crippen LogP contribution in [0.5, 0.6) is 0 Å². The molecule has 1 fully saturated rings. The molecule has 0 aromatic heterocycles. The number of likely N-dealkylation sites (tertiary alicyclic amines) is 1. The lowest BCUT2D eigenvalue weighted by molar-refractivity contribution is 0.215. The number of sulfonamides is 1. The molecule has 1 aromatic carbocycles. The number of nitrogens with zero attached hydrogens (tertiary/aromatic N) is 1. The first-order valence-electron chi connectivity index (χ1n) is 7.49. The van der Waals surface area contributed by atoms with Gasteiger partial charge in [-0.05, 0) is 57.5 Å². The third-order valence-corrected chi connectivity index (χ3v) is 5.46. The highest BCUT2D eigenvalue weighted by Gasteiger charge is 2.22. The standard InChI is InChI=1S/C15H25N3O2S/c1-12-6-7-15(14(16)10-12)21(19,20)17-13(2)11-18-8-4-3-5-9-18/h6-7,10,13,17H,3-5,8-9,11,16H2,1-2H3. The van der Waals surface area contributed by atoms with E-state index in [2.05, 4.69) is 9.62 Å². The molecule has 0 saturated carbocycles. The van der Waals surface area contributed by atoms with Gasteiger partial charge in [0.2, 0.25) is 10.0 Å². The zero-order valence-corrected chi connectivity index (χ0v) is 13.6. The van der Waals surface area contributed by atoms with E-state index in [9.17, 15) is 8.42 Å². The van der Waals surface area contributed by atoms with Gasteiger partial charge in [0.05, 0.1) is 5.69 Å². The van der Waals surface area contributed by atoms with Gasteiger partial charge in [-0.25, -0.2) is 13.1 Å². The van der Waals surface area contributed by atoms with Crippen LogP contribution in [0.25, 0.3) is 0 Å². The first-order valence-corrected chi connectivity index (χ1v) is 8.97. The molecular weight excluding hydrogens is 286 g/mol. The summed E-state index contributed by atoms with van der Waals surface area (Å²) in [6.07, 6.45) is 3.67. The lowest BCUT2D eigenvalue weighted by atomic mass is 10.1. The lowest BCUT2D eigenvalue weighted by Gasteiger charge is -2.29. The van der Waals surface area contributed by atoms with Crippen molar-refractivity contribution in [3.05, 3.63) is 23.8 Å². The Labute approximate surface area is 127 Å². The van der Waals surface area contributed by atoms with Crippen LogP contribution in [-0.2, 0) is 10.0 Å². The van der Waals surface area contributed by atoms with E-state index < -0.39 is 10.0 Å². The predicted octanol–water partition coefficient (Wildman–Crippen LogP) is 1.73. The quantitative estimate of drug-likeness (QED) is 0.812. The largest absolute Gasteiger partial charge is 0.398 e. The van der Waals surface area contributed by atoms with E-state index >= 15 is 0 Å². The maximum Gasteiger partial charge on any atom is 0.242 e. The maximum absolute atomic E-state index is 12.4. The highest BCUT2D eigenvalue weighted by Crippen LogP contribution is 2.19. The molecule has 1 aliphatic rings. The molecule has 0 radical (unpaired) electrons. The molecule has 1 aliphatic heterocycles. The second-order valence-electron chi connectivity index (χ2n) is 5.92. The minimum absolute atomic E-state index is 0.131. The number of piperidine rings is 1. The van der Waals surface area contributed by atoms with Gasteiger partial charge >= 0.3 is 0 Å². The number of benzene rings is 1. The van der Waals surface area contributed by atoms with Crippen LogP contribution in [-0.4, -0.2) is 39.0 Å². The number of nitrogens with one attached hydrogen (secondary N) is 1. The number of hydrogen-bond donors (Lipinski definition) is 2. The summed E-state index contributed by atoms with van der Waals surface area (Å²) in [5.41, 5.74) is 7.09. The molecule has 3 N–H and O–H groups in total. The topological polar surface area (TPSA) is 75.4 Å². The minimum Gasteiger partial charge on any atom is -0.398 e. The van der Waals surface area contributed by atoms with Crippen LogP contribution in [0.1, 0.15) is 31.7 Å². The minimum atomic E-state index is -3.56. The van der Waals surface area contributed by atoms with Gasteiger partial charge in [0.1, 0.15) is 4.90 Å². The van der Waals surface area contributed by atoms with Crippen molar-refractivity contribution in [2.45, 2.75) is 44.0 Å². The molecule has 1 atom stereocenters.